The van der Waals surface area contributed by atoms with Crippen LogP contribution in [-0.2, 0) is 11.2 Å². The molecule has 0 bridgehead atoms. The van der Waals surface area contributed by atoms with Crippen LogP contribution in [0, 0.1) is 5.92 Å². The lowest BCUT2D eigenvalue weighted by atomic mass is 9.98. The fraction of sp³-hybridized carbons (Fsp3) is 0.333. The largest absolute Gasteiger partial charge is 0.482 e. The summed E-state index contributed by atoms with van der Waals surface area (Å²) >= 11 is 0. The van der Waals surface area contributed by atoms with E-state index in [1.807, 2.05) is 6.07 Å². The van der Waals surface area contributed by atoms with Gasteiger partial charge in [0.25, 0.3) is 5.91 Å². The van der Waals surface area contributed by atoms with Crippen LogP contribution in [0.25, 0.3) is 0 Å². The molecule has 1 saturated carbocycles. The predicted molar refractivity (Wildman–Crippen MR) is 98.3 cm³/mol. The van der Waals surface area contributed by atoms with E-state index >= 15 is 0 Å². The van der Waals surface area contributed by atoms with E-state index in [1.54, 1.807) is 24.3 Å². The van der Waals surface area contributed by atoms with E-state index in [1.165, 1.54) is 5.56 Å². The molecule has 5 nitrogen and oxygen atoms in total. The molecule has 5 heteroatoms. The van der Waals surface area contributed by atoms with E-state index in [0.717, 1.165) is 25.7 Å². The van der Waals surface area contributed by atoms with Crippen LogP contribution in [0.4, 0.5) is 0 Å². The summed E-state index contributed by atoms with van der Waals surface area (Å²) in [4.78, 5) is 23.1. The van der Waals surface area contributed by atoms with Gasteiger partial charge in [-0.05, 0) is 55.4 Å². The van der Waals surface area contributed by atoms with Crippen molar-refractivity contribution < 1.29 is 19.4 Å². The molecule has 0 saturated heterocycles. The molecule has 0 aliphatic heterocycles. The van der Waals surface area contributed by atoms with Gasteiger partial charge in [0.2, 0.25) is 0 Å². The zero-order chi connectivity index (χ0) is 18.4. The number of nitrogens with one attached hydrogen (secondary N) is 1. The van der Waals surface area contributed by atoms with Crippen molar-refractivity contribution in [3.63, 3.8) is 0 Å². The van der Waals surface area contributed by atoms with Gasteiger partial charge in [-0.3, -0.25) is 4.79 Å². The van der Waals surface area contributed by atoms with Crippen molar-refractivity contribution in [3.05, 3.63) is 65.7 Å². The average Bonchev–Trinajstić information content (AvgIpc) is 3.08. The number of benzene rings is 2. The van der Waals surface area contributed by atoms with Gasteiger partial charge in [-0.25, -0.2) is 4.79 Å². The van der Waals surface area contributed by atoms with Crippen molar-refractivity contribution in [2.24, 2.45) is 5.92 Å². The second kappa shape index (κ2) is 8.52. The van der Waals surface area contributed by atoms with Crippen molar-refractivity contribution in [1.82, 2.24) is 5.32 Å². The van der Waals surface area contributed by atoms with Crippen LogP contribution in [0.5, 0.6) is 5.75 Å². The van der Waals surface area contributed by atoms with Gasteiger partial charge < -0.3 is 15.2 Å². The van der Waals surface area contributed by atoms with Crippen molar-refractivity contribution in [2.75, 3.05) is 6.61 Å². The lowest BCUT2D eigenvalue weighted by molar-refractivity contribution is -0.139. The summed E-state index contributed by atoms with van der Waals surface area (Å²) in [5.41, 5.74) is 1.83. The molecule has 1 aliphatic rings. The maximum atomic E-state index is 12.5. The lowest BCUT2D eigenvalue weighted by Gasteiger charge is -2.14. The molecular weight excluding hydrogens is 330 g/mol. The molecule has 0 heterocycles. The van der Waals surface area contributed by atoms with Crippen LogP contribution in [0.2, 0.25) is 0 Å². The molecule has 2 aromatic carbocycles. The number of hydrogen-bond donors (Lipinski definition) is 2. The predicted octanol–water partition coefficient (Wildman–Crippen LogP) is 3.29. The Kier molecular flexibility index (Phi) is 5.89. The highest BCUT2D eigenvalue weighted by Gasteiger charge is 2.26. The van der Waals surface area contributed by atoms with Crippen molar-refractivity contribution in [3.8, 4) is 5.75 Å². The van der Waals surface area contributed by atoms with Crippen LogP contribution in [0.1, 0.15) is 35.2 Å². The highest BCUT2D eigenvalue weighted by Crippen LogP contribution is 2.29. The summed E-state index contributed by atoms with van der Waals surface area (Å²) in [6.45, 7) is -0.422. The minimum Gasteiger partial charge on any atom is -0.482 e. The van der Waals surface area contributed by atoms with Crippen LogP contribution >= 0.6 is 0 Å². The molecule has 3 rings (SSSR count). The first-order chi connectivity index (χ1) is 12.6. The summed E-state index contributed by atoms with van der Waals surface area (Å²) in [7, 11) is 0. The van der Waals surface area contributed by atoms with Crippen LogP contribution in [-0.4, -0.2) is 29.6 Å². The van der Waals surface area contributed by atoms with E-state index < -0.39 is 12.6 Å². The lowest BCUT2D eigenvalue weighted by Crippen LogP contribution is -2.33. The summed E-state index contributed by atoms with van der Waals surface area (Å²) in [6, 6.07) is 17.2. The first kappa shape index (κ1) is 18.0. The first-order valence-electron chi connectivity index (χ1n) is 8.89. The normalized spacial score (nSPS) is 19.1. The Morgan fingerprint density at radius 1 is 1.08 bits per heavy atom. The van der Waals surface area contributed by atoms with Gasteiger partial charge in [0.15, 0.2) is 6.61 Å². The molecule has 1 fully saturated rings. The molecule has 2 aromatic rings. The van der Waals surface area contributed by atoms with E-state index in [-0.39, 0.29) is 11.9 Å². The molecule has 0 aromatic heterocycles. The minimum absolute atomic E-state index is 0.142. The molecule has 1 aliphatic carbocycles. The number of aliphatic carboxylic acids is 1. The van der Waals surface area contributed by atoms with Gasteiger partial charge >= 0.3 is 5.97 Å². The van der Waals surface area contributed by atoms with E-state index in [9.17, 15) is 9.59 Å². The van der Waals surface area contributed by atoms with Crippen molar-refractivity contribution >= 4 is 11.9 Å². The number of carbonyl (C=O) groups is 2. The number of carbonyl (C=O) groups excluding carboxylic acids is 1. The molecule has 0 radical (unpaired) electrons. The van der Waals surface area contributed by atoms with E-state index in [0.29, 0.717) is 17.2 Å². The van der Waals surface area contributed by atoms with Gasteiger partial charge in [0, 0.05) is 11.6 Å². The molecule has 2 N–H and O–H groups in total. The number of amides is 1. The molecule has 1 amide bonds. The monoisotopic (exact) mass is 353 g/mol. The fourth-order valence-electron chi connectivity index (χ4n) is 3.48. The van der Waals surface area contributed by atoms with Crippen LogP contribution in [0.15, 0.2) is 54.6 Å². The second-order valence-electron chi connectivity index (χ2n) is 6.75. The smallest absolute Gasteiger partial charge is 0.341 e. The zero-order valence-corrected chi connectivity index (χ0v) is 14.6. The summed E-state index contributed by atoms with van der Waals surface area (Å²) in [5, 5.41) is 11.8. The Morgan fingerprint density at radius 2 is 1.88 bits per heavy atom. The summed E-state index contributed by atoms with van der Waals surface area (Å²) < 4.78 is 5.13. The third kappa shape index (κ3) is 5.09. The maximum Gasteiger partial charge on any atom is 0.341 e. The molecule has 26 heavy (non-hydrogen) atoms. The third-order valence-corrected chi connectivity index (χ3v) is 4.70. The highest BCUT2D eigenvalue weighted by molar-refractivity contribution is 5.94. The topological polar surface area (TPSA) is 75.6 Å². The van der Waals surface area contributed by atoms with E-state index in [4.69, 9.17) is 9.84 Å². The SMILES string of the molecule is O=C(O)COc1cccc(C(=O)NC2CCC(Cc3ccccc3)C2)c1. The fourth-order valence-corrected chi connectivity index (χ4v) is 3.48. The van der Waals surface area contributed by atoms with Gasteiger partial charge in [-0.15, -0.1) is 0 Å². The van der Waals surface area contributed by atoms with Crippen molar-refractivity contribution in [1.29, 1.82) is 0 Å². The average molecular weight is 353 g/mol. The Labute approximate surface area is 153 Å². The first-order valence-corrected chi connectivity index (χ1v) is 8.89. The molecule has 136 valence electrons. The quantitative estimate of drug-likeness (QED) is 0.801. The van der Waals surface area contributed by atoms with Crippen molar-refractivity contribution in [2.45, 2.75) is 31.7 Å². The number of carboxylic acids is 1. The zero-order valence-electron chi connectivity index (χ0n) is 14.6. The molecule has 2 unspecified atom stereocenters. The summed E-state index contributed by atoms with van der Waals surface area (Å²) in [5.74, 6) is -0.215. The van der Waals surface area contributed by atoms with Gasteiger partial charge in [0.05, 0.1) is 0 Å². The summed E-state index contributed by atoms with van der Waals surface area (Å²) in [6.07, 6.45) is 4.13. The van der Waals surface area contributed by atoms with Crippen LogP contribution < -0.4 is 10.1 Å². The number of hydrogen-bond acceptors (Lipinski definition) is 3. The molecular formula is C21H23NO4. The van der Waals surface area contributed by atoms with Crippen LogP contribution in [0.3, 0.4) is 0 Å². The minimum atomic E-state index is -1.05. The van der Waals surface area contributed by atoms with Gasteiger partial charge in [-0.2, -0.15) is 0 Å². The Bertz CT molecular complexity index is 760. The second-order valence-corrected chi connectivity index (χ2v) is 6.75. The maximum absolute atomic E-state index is 12.5. The highest BCUT2D eigenvalue weighted by atomic mass is 16.5. The Morgan fingerprint density at radius 3 is 2.65 bits per heavy atom. The Hall–Kier alpha value is -2.82. The standard InChI is InChI=1S/C21H23NO4/c23-20(24)14-26-19-8-4-7-17(13-19)21(25)22-18-10-9-16(12-18)11-15-5-2-1-3-6-15/h1-8,13,16,18H,9-12,14H2,(H,22,25)(H,23,24). The van der Waals surface area contributed by atoms with Gasteiger partial charge in [0.1, 0.15) is 5.75 Å². The number of ether oxygens (including phenoxy) is 1. The number of carboxylic acid groups (broad SMARTS) is 1. The molecule has 0 spiro atoms. The molecule has 2 atom stereocenters. The third-order valence-electron chi connectivity index (χ3n) is 4.70. The van der Waals surface area contributed by atoms with E-state index in [2.05, 4.69) is 29.6 Å². The number of rotatable bonds is 7. The van der Waals surface area contributed by atoms with Gasteiger partial charge in [-0.1, -0.05) is 36.4 Å². The Balaban J connectivity index is 1.52.